The van der Waals surface area contributed by atoms with Gasteiger partial charge in [0.05, 0.1) is 16.9 Å². The van der Waals surface area contributed by atoms with Gasteiger partial charge in [-0.1, -0.05) is 37.3 Å². The van der Waals surface area contributed by atoms with Gasteiger partial charge in [0.25, 0.3) is 0 Å². The molecule has 2 N–H and O–H groups in total. The molecule has 0 saturated carbocycles. The fourth-order valence-corrected chi connectivity index (χ4v) is 2.86. The van der Waals surface area contributed by atoms with Crippen LogP contribution in [0.5, 0.6) is 0 Å². The standard InChI is InChI=1S/C19H18N2O5/c1-2-15-17(22)20-14-10-13(18(23)24)8-9-16(14)21(15)19(25)26-11-12-6-4-3-5-7-12/h3-10,15H,2,11H2,1H3,(H,20,22)(H,23,24). The number of anilines is 2. The normalized spacial score (nSPS) is 15.8. The molecular weight excluding hydrogens is 336 g/mol. The van der Waals surface area contributed by atoms with Crippen LogP contribution in [0.15, 0.2) is 48.5 Å². The Morgan fingerprint density at radius 1 is 1.19 bits per heavy atom. The predicted octanol–water partition coefficient (Wildman–Crippen LogP) is 3.26. The van der Waals surface area contributed by atoms with Crippen LogP contribution in [0.25, 0.3) is 0 Å². The number of carbonyl (C=O) groups is 3. The molecule has 2 aromatic carbocycles. The highest BCUT2D eigenvalue weighted by Gasteiger charge is 2.37. The highest BCUT2D eigenvalue weighted by atomic mass is 16.6. The van der Waals surface area contributed by atoms with Gasteiger partial charge >= 0.3 is 12.1 Å². The van der Waals surface area contributed by atoms with Gasteiger partial charge in [0.1, 0.15) is 12.6 Å². The number of aromatic carboxylic acids is 1. The molecule has 1 atom stereocenters. The molecule has 2 amide bonds. The van der Waals surface area contributed by atoms with E-state index in [4.69, 9.17) is 9.84 Å². The molecular formula is C19H18N2O5. The lowest BCUT2D eigenvalue weighted by atomic mass is 10.0. The fourth-order valence-electron chi connectivity index (χ4n) is 2.86. The SMILES string of the molecule is CCC1C(=O)Nc2cc(C(=O)O)ccc2N1C(=O)OCc1ccccc1. The van der Waals surface area contributed by atoms with Crippen LogP contribution in [0.3, 0.4) is 0 Å². The van der Waals surface area contributed by atoms with Crippen molar-refractivity contribution in [3.63, 3.8) is 0 Å². The van der Waals surface area contributed by atoms with E-state index >= 15 is 0 Å². The summed E-state index contributed by atoms with van der Waals surface area (Å²) in [6.45, 7) is 1.87. The van der Waals surface area contributed by atoms with Crippen LogP contribution in [0.2, 0.25) is 0 Å². The van der Waals surface area contributed by atoms with E-state index in [-0.39, 0.29) is 23.8 Å². The number of rotatable bonds is 4. The summed E-state index contributed by atoms with van der Waals surface area (Å²) in [6.07, 6.45) is -0.258. The Balaban J connectivity index is 1.89. The zero-order valence-corrected chi connectivity index (χ0v) is 14.1. The summed E-state index contributed by atoms with van der Waals surface area (Å²) >= 11 is 0. The van der Waals surface area contributed by atoms with Gasteiger partial charge in [-0.3, -0.25) is 9.69 Å². The smallest absolute Gasteiger partial charge is 0.415 e. The Bertz CT molecular complexity index is 850. The molecule has 3 rings (SSSR count). The van der Waals surface area contributed by atoms with Crippen LogP contribution >= 0.6 is 0 Å². The molecule has 7 nitrogen and oxygen atoms in total. The topological polar surface area (TPSA) is 95.9 Å². The number of fused-ring (bicyclic) bond motifs is 1. The van der Waals surface area contributed by atoms with Crippen molar-refractivity contribution in [3.8, 4) is 0 Å². The first-order valence-corrected chi connectivity index (χ1v) is 8.19. The summed E-state index contributed by atoms with van der Waals surface area (Å²) in [5, 5.41) is 11.8. The molecule has 1 aliphatic rings. The van der Waals surface area contributed by atoms with Crippen LogP contribution in [0, 0.1) is 0 Å². The quantitative estimate of drug-likeness (QED) is 0.878. The maximum Gasteiger partial charge on any atom is 0.415 e. The summed E-state index contributed by atoms with van der Waals surface area (Å²) < 4.78 is 5.37. The third-order valence-corrected chi connectivity index (χ3v) is 4.16. The van der Waals surface area contributed by atoms with E-state index in [0.29, 0.717) is 12.1 Å². The molecule has 0 fully saturated rings. The Hall–Kier alpha value is -3.35. The Morgan fingerprint density at radius 3 is 2.58 bits per heavy atom. The molecule has 1 unspecified atom stereocenters. The number of carboxylic acids is 1. The molecule has 0 aromatic heterocycles. The summed E-state index contributed by atoms with van der Waals surface area (Å²) in [5.41, 5.74) is 1.55. The highest BCUT2D eigenvalue weighted by Crippen LogP contribution is 2.34. The Morgan fingerprint density at radius 2 is 1.92 bits per heavy atom. The second-order valence-corrected chi connectivity index (χ2v) is 5.86. The number of ether oxygens (including phenoxy) is 1. The van der Waals surface area contributed by atoms with Gasteiger partial charge < -0.3 is 15.2 Å². The Labute approximate surface area is 150 Å². The predicted molar refractivity (Wildman–Crippen MR) is 95.2 cm³/mol. The molecule has 0 radical (unpaired) electrons. The van der Waals surface area contributed by atoms with Gasteiger partial charge in [-0.05, 0) is 30.2 Å². The molecule has 134 valence electrons. The molecule has 1 heterocycles. The van der Waals surface area contributed by atoms with Crippen molar-refractivity contribution >= 4 is 29.3 Å². The van der Waals surface area contributed by atoms with Gasteiger partial charge in [-0.25, -0.2) is 9.59 Å². The first-order valence-electron chi connectivity index (χ1n) is 8.19. The van der Waals surface area contributed by atoms with Gasteiger partial charge in [-0.15, -0.1) is 0 Å². The van der Waals surface area contributed by atoms with Gasteiger partial charge in [0, 0.05) is 0 Å². The fraction of sp³-hybridized carbons (Fsp3) is 0.211. The highest BCUT2D eigenvalue weighted by molar-refractivity contribution is 6.11. The molecule has 7 heteroatoms. The van der Waals surface area contributed by atoms with Crippen molar-refractivity contribution in [3.05, 3.63) is 59.7 Å². The minimum absolute atomic E-state index is 0.0246. The number of carboxylic acid groups (broad SMARTS) is 1. The lowest BCUT2D eigenvalue weighted by molar-refractivity contribution is -0.117. The van der Waals surface area contributed by atoms with Crippen LogP contribution in [0.1, 0.15) is 29.3 Å². The molecule has 0 spiro atoms. The van der Waals surface area contributed by atoms with Crippen LogP contribution in [0.4, 0.5) is 16.2 Å². The van der Waals surface area contributed by atoms with Crippen molar-refractivity contribution in [1.29, 1.82) is 0 Å². The third kappa shape index (κ3) is 3.37. The second-order valence-electron chi connectivity index (χ2n) is 5.86. The largest absolute Gasteiger partial charge is 0.478 e. The maximum atomic E-state index is 12.7. The van der Waals surface area contributed by atoms with Gasteiger partial charge in [0.2, 0.25) is 5.91 Å². The van der Waals surface area contributed by atoms with E-state index in [1.807, 2.05) is 30.3 Å². The third-order valence-electron chi connectivity index (χ3n) is 4.16. The molecule has 1 aliphatic heterocycles. The molecule has 0 bridgehead atoms. The second kappa shape index (κ2) is 7.26. The van der Waals surface area contributed by atoms with Crippen molar-refractivity contribution in [2.24, 2.45) is 0 Å². The molecule has 0 aliphatic carbocycles. The van der Waals surface area contributed by atoms with Gasteiger partial charge in [0.15, 0.2) is 0 Å². The van der Waals surface area contributed by atoms with E-state index in [9.17, 15) is 14.4 Å². The summed E-state index contributed by atoms with van der Waals surface area (Å²) in [6, 6.07) is 12.7. The van der Waals surface area contributed by atoms with Crippen molar-refractivity contribution in [2.45, 2.75) is 26.0 Å². The number of hydrogen-bond donors (Lipinski definition) is 2. The zero-order chi connectivity index (χ0) is 18.7. The molecule has 0 saturated heterocycles. The van der Waals surface area contributed by atoms with Crippen molar-refractivity contribution in [1.82, 2.24) is 0 Å². The van der Waals surface area contributed by atoms with E-state index in [2.05, 4.69) is 5.32 Å². The van der Waals surface area contributed by atoms with Crippen LogP contribution in [-0.4, -0.2) is 29.1 Å². The van der Waals surface area contributed by atoms with Crippen LogP contribution in [-0.2, 0) is 16.1 Å². The molecule has 2 aromatic rings. The molecule has 26 heavy (non-hydrogen) atoms. The minimum atomic E-state index is -1.11. The maximum absolute atomic E-state index is 12.7. The summed E-state index contributed by atoms with van der Waals surface area (Å²) in [7, 11) is 0. The number of nitrogens with one attached hydrogen (secondary N) is 1. The zero-order valence-electron chi connectivity index (χ0n) is 14.1. The Kier molecular flexibility index (Phi) is 4.88. The lowest BCUT2D eigenvalue weighted by Crippen LogP contribution is -2.51. The summed E-state index contributed by atoms with van der Waals surface area (Å²) in [4.78, 5) is 37.5. The number of benzene rings is 2. The number of amides is 2. The first kappa shape index (κ1) is 17.5. The average Bonchev–Trinajstić information content (AvgIpc) is 2.65. The minimum Gasteiger partial charge on any atom is -0.478 e. The van der Waals surface area contributed by atoms with Crippen LogP contribution < -0.4 is 10.2 Å². The first-order chi connectivity index (χ1) is 12.5. The lowest BCUT2D eigenvalue weighted by Gasteiger charge is -2.35. The van der Waals surface area contributed by atoms with E-state index < -0.39 is 18.1 Å². The van der Waals surface area contributed by atoms with E-state index in [0.717, 1.165) is 5.56 Å². The summed E-state index contributed by atoms with van der Waals surface area (Å²) in [5.74, 6) is -1.49. The monoisotopic (exact) mass is 354 g/mol. The number of nitrogens with zero attached hydrogens (tertiary/aromatic N) is 1. The average molecular weight is 354 g/mol. The van der Waals surface area contributed by atoms with E-state index in [1.165, 1.54) is 23.1 Å². The van der Waals surface area contributed by atoms with E-state index in [1.54, 1.807) is 6.92 Å². The van der Waals surface area contributed by atoms with Crippen molar-refractivity contribution in [2.75, 3.05) is 10.2 Å². The van der Waals surface area contributed by atoms with Crippen molar-refractivity contribution < 1.29 is 24.2 Å². The van der Waals surface area contributed by atoms with Gasteiger partial charge in [-0.2, -0.15) is 0 Å². The number of hydrogen-bond acceptors (Lipinski definition) is 4. The number of carbonyl (C=O) groups excluding carboxylic acids is 2.